The fraction of sp³-hybridized carbons (Fsp3) is 0.571. The van der Waals surface area contributed by atoms with Crippen molar-refractivity contribution in [2.75, 3.05) is 18.9 Å². The number of aliphatic hydroxyl groups is 1. The third kappa shape index (κ3) is 6.71. The van der Waals surface area contributed by atoms with Crippen molar-refractivity contribution in [3.63, 3.8) is 0 Å². The molecule has 0 saturated heterocycles. The Labute approximate surface area is 109 Å². The Morgan fingerprint density at radius 2 is 1.94 bits per heavy atom. The average molecular weight is 253 g/mol. The van der Waals surface area contributed by atoms with Gasteiger partial charge >= 0.3 is 0 Å². The van der Waals surface area contributed by atoms with Gasteiger partial charge in [-0.1, -0.05) is 19.1 Å². The molecule has 0 aliphatic carbocycles. The van der Waals surface area contributed by atoms with E-state index < -0.39 is 0 Å². The van der Waals surface area contributed by atoms with E-state index in [2.05, 4.69) is 36.5 Å². The first kappa shape index (κ1) is 14.6. The van der Waals surface area contributed by atoms with E-state index >= 15 is 0 Å². The zero-order chi connectivity index (χ0) is 12.3. The van der Waals surface area contributed by atoms with Crippen molar-refractivity contribution in [3.05, 3.63) is 29.8 Å². The molecule has 1 aromatic carbocycles. The summed E-state index contributed by atoms with van der Waals surface area (Å²) in [5.41, 5.74) is 1.35. The van der Waals surface area contributed by atoms with Gasteiger partial charge in [0.1, 0.15) is 0 Å². The average Bonchev–Trinajstić information content (AvgIpc) is 2.37. The zero-order valence-electron chi connectivity index (χ0n) is 10.6. The highest BCUT2D eigenvalue weighted by Gasteiger charge is 1.96. The van der Waals surface area contributed by atoms with Crippen molar-refractivity contribution in [1.82, 2.24) is 5.32 Å². The van der Waals surface area contributed by atoms with Gasteiger partial charge in [0, 0.05) is 18.0 Å². The van der Waals surface area contributed by atoms with E-state index in [0.717, 1.165) is 31.7 Å². The van der Waals surface area contributed by atoms with Crippen molar-refractivity contribution >= 4 is 11.8 Å². The lowest BCUT2D eigenvalue weighted by atomic mass is 10.2. The number of nitrogens with one attached hydrogen (secondary N) is 1. The molecule has 3 heteroatoms. The van der Waals surface area contributed by atoms with Gasteiger partial charge in [-0.3, -0.25) is 0 Å². The Bertz CT molecular complexity index is 287. The number of rotatable bonds is 9. The van der Waals surface area contributed by atoms with Crippen LogP contribution in [0.5, 0.6) is 0 Å². The van der Waals surface area contributed by atoms with E-state index in [1.807, 2.05) is 11.8 Å². The Morgan fingerprint density at radius 1 is 1.18 bits per heavy atom. The Balaban J connectivity index is 2.24. The van der Waals surface area contributed by atoms with Gasteiger partial charge in [0.15, 0.2) is 0 Å². The summed E-state index contributed by atoms with van der Waals surface area (Å²) in [7, 11) is 0. The van der Waals surface area contributed by atoms with Crippen molar-refractivity contribution in [2.45, 2.75) is 37.6 Å². The predicted molar refractivity (Wildman–Crippen MR) is 75.5 cm³/mol. The number of hydrogen-bond acceptors (Lipinski definition) is 3. The van der Waals surface area contributed by atoms with Crippen LogP contribution < -0.4 is 5.32 Å². The predicted octanol–water partition coefficient (Wildman–Crippen LogP) is 3.05. The second kappa shape index (κ2) is 9.51. The summed E-state index contributed by atoms with van der Waals surface area (Å²) < 4.78 is 0. The van der Waals surface area contributed by atoms with Crippen LogP contribution in [0.4, 0.5) is 0 Å². The summed E-state index contributed by atoms with van der Waals surface area (Å²) in [4.78, 5) is 1.32. The SMILES string of the molecule is CCCNCc1ccc(SCCCCO)cc1. The second-order valence-electron chi connectivity index (χ2n) is 4.10. The lowest BCUT2D eigenvalue weighted by Crippen LogP contribution is -2.13. The van der Waals surface area contributed by atoms with Crippen molar-refractivity contribution in [1.29, 1.82) is 0 Å². The molecule has 0 heterocycles. The van der Waals surface area contributed by atoms with Crippen LogP contribution in [-0.4, -0.2) is 24.0 Å². The minimum atomic E-state index is 0.308. The van der Waals surface area contributed by atoms with Crippen LogP contribution in [-0.2, 0) is 6.54 Å². The zero-order valence-corrected chi connectivity index (χ0v) is 11.4. The molecular formula is C14H23NOS. The molecule has 0 aromatic heterocycles. The number of aliphatic hydroxyl groups excluding tert-OH is 1. The summed E-state index contributed by atoms with van der Waals surface area (Å²) >= 11 is 1.87. The van der Waals surface area contributed by atoms with Gasteiger partial charge in [-0.05, 0) is 49.3 Å². The summed E-state index contributed by atoms with van der Waals surface area (Å²) in [6, 6.07) is 8.76. The molecular weight excluding hydrogens is 230 g/mol. The van der Waals surface area contributed by atoms with Crippen LogP contribution in [0.15, 0.2) is 29.2 Å². The first-order valence-corrected chi connectivity index (χ1v) is 7.38. The number of thioether (sulfide) groups is 1. The van der Waals surface area contributed by atoms with E-state index in [4.69, 9.17) is 5.11 Å². The highest BCUT2D eigenvalue weighted by molar-refractivity contribution is 7.99. The lowest BCUT2D eigenvalue weighted by molar-refractivity contribution is 0.287. The van der Waals surface area contributed by atoms with Gasteiger partial charge in [-0.15, -0.1) is 11.8 Å². The maximum atomic E-state index is 8.69. The van der Waals surface area contributed by atoms with Crippen LogP contribution >= 0.6 is 11.8 Å². The quantitative estimate of drug-likeness (QED) is 0.524. The van der Waals surface area contributed by atoms with E-state index in [0.29, 0.717) is 6.61 Å². The molecule has 0 amide bonds. The van der Waals surface area contributed by atoms with Gasteiger partial charge in [0.2, 0.25) is 0 Å². The summed E-state index contributed by atoms with van der Waals surface area (Å²) in [5.74, 6) is 1.09. The van der Waals surface area contributed by atoms with Crippen LogP contribution in [0.2, 0.25) is 0 Å². The normalized spacial score (nSPS) is 10.7. The molecule has 0 unspecified atom stereocenters. The Kier molecular flexibility index (Phi) is 8.14. The summed E-state index contributed by atoms with van der Waals surface area (Å²) in [5, 5.41) is 12.1. The Morgan fingerprint density at radius 3 is 2.59 bits per heavy atom. The van der Waals surface area contributed by atoms with Gasteiger partial charge < -0.3 is 10.4 Å². The molecule has 0 fully saturated rings. The van der Waals surface area contributed by atoms with Crippen molar-refractivity contribution in [2.24, 2.45) is 0 Å². The highest BCUT2D eigenvalue weighted by atomic mass is 32.2. The molecule has 17 heavy (non-hydrogen) atoms. The molecule has 96 valence electrons. The largest absolute Gasteiger partial charge is 0.396 e. The minimum Gasteiger partial charge on any atom is -0.396 e. The van der Waals surface area contributed by atoms with Crippen LogP contribution in [0.3, 0.4) is 0 Å². The standard InChI is InChI=1S/C14H23NOS/c1-2-9-15-12-13-5-7-14(8-6-13)17-11-4-3-10-16/h5-8,15-16H,2-4,9-12H2,1H3. The second-order valence-corrected chi connectivity index (χ2v) is 5.27. The van der Waals surface area contributed by atoms with Gasteiger partial charge in [-0.2, -0.15) is 0 Å². The van der Waals surface area contributed by atoms with Crippen LogP contribution in [0, 0.1) is 0 Å². The first-order valence-electron chi connectivity index (χ1n) is 6.40. The number of benzene rings is 1. The van der Waals surface area contributed by atoms with Crippen LogP contribution in [0.1, 0.15) is 31.7 Å². The molecule has 0 aliphatic rings. The third-order valence-electron chi connectivity index (χ3n) is 2.50. The summed E-state index contributed by atoms with van der Waals surface area (Å²) in [6.45, 7) is 4.53. The molecule has 0 atom stereocenters. The molecule has 1 rings (SSSR count). The van der Waals surface area contributed by atoms with Gasteiger partial charge in [0.05, 0.1) is 0 Å². The van der Waals surface area contributed by atoms with Crippen molar-refractivity contribution in [3.8, 4) is 0 Å². The van der Waals surface area contributed by atoms with Gasteiger partial charge in [0.25, 0.3) is 0 Å². The third-order valence-corrected chi connectivity index (χ3v) is 3.60. The molecule has 0 saturated carbocycles. The molecule has 2 nitrogen and oxygen atoms in total. The van der Waals surface area contributed by atoms with Crippen LogP contribution in [0.25, 0.3) is 0 Å². The molecule has 2 N–H and O–H groups in total. The lowest BCUT2D eigenvalue weighted by Gasteiger charge is -2.05. The van der Waals surface area contributed by atoms with Crippen molar-refractivity contribution < 1.29 is 5.11 Å². The molecule has 1 aromatic rings. The summed E-state index contributed by atoms with van der Waals surface area (Å²) in [6.07, 6.45) is 3.17. The monoisotopic (exact) mass is 253 g/mol. The van der Waals surface area contributed by atoms with E-state index in [1.54, 1.807) is 0 Å². The topological polar surface area (TPSA) is 32.3 Å². The minimum absolute atomic E-state index is 0.308. The molecule has 0 bridgehead atoms. The fourth-order valence-corrected chi connectivity index (χ4v) is 2.43. The highest BCUT2D eigenvalue weighted by Crippen LogP contribution is 2.19. The molecule has 0 aliphatic heterocycles. The Hall–Kier alpha value is -0.510. The van der Waals surface area contributed by atoms with E-state index in [-0.39, 0.29) is 0 Å². The van der Waals surface area contributed by atoms with Gasteiger partial charge in [-0.25, -0.2) is 0 Å². The van der Waals surface area contributed by atoms with E-state index in [9.17, 15) is 0 Å². The number of hydrogen-bond donors (Lipinski definition) is 2. The van der Waals surface area contributed by atoms with E-state index in [1.165, 1.54) is 16.9 Å². The molecule has 0 radical (unpaired) electrons. The molecule has 0 spiro atoms. The fourth-order valence-electron chi connectivity index (χ4n) is 1.52. The smallest absolute Gasteiger partial charge is 0.0431 e. The maximum absolute atomic E-state index is 8.69. The first-order chi connectivity index (χ1) is 8.36. The maximum Gasteiger partial charge on any atom is 0.0431 e. The number of unbranched alkanes of at least 4 members (excludes halogenated alkanes) is 1.